The van der Waals surface area contributed by atoms with Crippen molar-refractivity contribution in [1.82, 2.24) is 29.3 Å². The van der Waals surface area contributed by atoms with Gasteiger partial charge in [-0.1, -0.05) is 24.6 Å². The van der Waals surface area contributed by atoms with E-state index < -0.39 is 18.0 Å². The van der Waals surface area contributed by atoms with Gasteiger partial charge in [0.15, 0.2) is 5.82 Å². The summed E-state index contributed by atoms with van der Waals surface area (Å²) in [5.41, 5.74) is 2.75. The molecule has 12 nitrogen and oxygen atoms in total. The number of hydrogen-bond donors (Lipinski definition) is 3. The Morgan fingerprint density at radius 2 is 1.81 bits per heavy atom. The maximum atomic E-state index is 15.3. The van der Waals surface area contributed by atoms with Crippen LogP contribution >= 0.6 is 0 Å². The first-order valence-corrected chi connectivity index (χ1v) is 18.3. The minimum atomic E-state index is -0.552. The summed E-state index contributed by atoms with van der Waals surface area (Å²) in [6.07, 6.45) is 10.2. The number of aliphatic hydroxyl groups is 1. The Balaban J connectivity index is 1.06. The number of nitrogens with zero attached hydrogens (tertiary/aromatic N) is 6. The van der Waals surface area contributed by atoms with Crippen molar-refractivity contribution in [3.05, 3.63) is 105 Å². The lowest BCUT2D eigenvalue weighted by molar-refractivity contribution is -0.118. The van der Waals surface area contributed by atoms with Crippen LogP contribution in [0.15, 0.2) is 76.7 Å². The topological polar surface area (TPSA) is 138 Å². The van der Waals surface area contributed by atoms with Crippen LogP contribution in [0.5, 0.6) is 0 Å². The van der Waals surface area contributed by atoms with Crippen LogP contribution in [0.1, 0.15) is 56.1 Å². The van der Waals surface area contributed by atoms with Crippen LogP contribution in [0.25, 0.3) is 27.7 Å². The van der Waals surface area contributed by atoms with Gasteiger partial charge in [-0.3, -0.25) is 23.9 Å². The molecule has 5 aromatic rings. The fourth-order valence-electron chi connectivity index (χ4n) is 7.12. The number of fused-ring (bicyclic) bond motifs is 1. The average Bonchev–Trinajstić information content (AvgIpc) is 4.01. The lowest BCUT2D eigenvalue weighted by Crippen LogP contribution is -2.46. The molecule has 3 aromatic heterocycles. The van der Waals surface area contributed by atoms with Crippen molar-refractivity contribution in [3.63, 3.8) is 0 Å². The number of piperazine rings is 1. The zero-order valence-electron chi connectivity index (χ0n) is 30.1. The highest BCUT2D eigenvalue weighted by Gasteiger charge is 2.26. The van der Waals surface area contributed by atoms with Crippen LogP contribution in [0.3, 0.4) is 0 Å². The van der Waals surface area contributed by atoms with Crippen LogP contribution in [-0.4, -0.2) is 74.3 Å². The molecular weight excluding hydrogens is 675 g/mol. The Morgan fingerprint density at radius 1 is 1.00 bits per heavy atom. The molecule has 53 heavy (non-hydrogen) atoms. The van der Waals surface area contributed by atoms with Crippen molar-refractivity contribution in [1.29, 1.82) is 0 Å². The standard InChI is InChI=1S/C40H45FN8O4/c1-26(51)42-14-4-3-5-15-47-17-19-48(20-18-47)30-11-12-36(43-23-30)45-38-40(53)46(2)24-34(44-38)31-7-6-8-35(32(31)25-50)49-16-13-28-21-29(27-9-10-27)22-33(41)37(28)39(49)52/h6-8,11-13,16,21-24,27,50H,3-5,9-10,14-15,17-20,25H2,1-2H3,(H,42,51)(H,43,44,45). The highest BCUT2D eigenvalue weighted by molar-refractivity contribution is 5.84. The highest BCUT2D eigenvalue weighted by atomic mass is 19.1. The Hall–Kier alpha value is -5.40. The Bertz CT molecular complexity index is 2240. The van der Waals surface area contributed by atoms with Crippen LogP contribution in [0, 0.1) is 5.82 Å². The first-order valence-electron chi connectivity index (χ1n) is 18.3. The van der Waals surface area contributed by atoms with Crippen molar-refractivity contribution in [2.45, 2.75) is 51.6 Å². The van der Waals surface area contributed by atoms with E-state index >= 15 is 4.39 Å². The lowest BCUT2D eigenvalue weighted by Gasteiger charge is -2.36. The molecule has 4 heterocycles. The number of aliphatic hydroxyl groups excluding tert-OH is 1. The molecule has 13 heteroatoms. The Kier molecular flexibility index (Phi) is 10.6. The van der Waals surface area contributed by atoms with Crippen molar-refractivity contribution in [2.75, 3.05) is 49.5 Å². The normalized spacial score (nSPS) is 14.8. The van der Waals surface area contributed by atoms with E-state index in [1.54, 1.807) is 56.8 Å². The van der Waals surface area contributed by atoms with Gasteiger partial charge >= 0.3 is 0 Å². The van der Waals surface area contributed by atoms with Crippen LogP contribution in [-0.2, 0) is 18.4 Å². The molecule has 0 bridgehead atoms. The molecule has 0 spiro atoms. The maximum absolute atomic E-state index is 15.3. The van der Waals surface area contributed by atoms with Crippen LogP contribution < -0.4 is 26.7 Å². The smallest absolute Gasteiger partial charge is 0.293 e. The monoisotopic (exact) mass is 720 g/mol. The molecule has 2 aromatic carbocycles. The van der Waals surface area contributed by atoms with Crippen molar-refractivity contribution in [2.24, 2.45) is 7.05 Å². The number of aromatic nitrogens is 4. The summed E-state index contributed by atoms with van der Waals surface area (Å²) in [7, 11) is 1.62. The van der Waals surface area contributed by atoms with Gasteiger partial charge in [-0.25, -0.2) is 14.4 Å². The second-order valence-electron chi connectivity index (χ2n) is 14.0. The number of halogens is 1. The molecule has 2 aliphatic rings. The van der Waals surface area contributed by atoms with Crippen LogP contribution in [0.4, 0.5) is 21.7 Å². The zero-order chi connectivity index (χ0) is 37.1. The van der Waals surface area contributed by atoms with E-state index in [9.17, 15) is 19.5 Å². The number of rotatable bonds is 13. The summed E-state index contributed by atoms with van der Waals surface area (Å²) in [6, 6.07) is 14.1. The van der Waals surface area contributed by atoms with Gasteiger partial charge in [0.05, 0.1) is 35.3 Å². The first kappa shape index (κ1) is 36.0. The van der Waals surface area contributed by atoms with Gasteiger partial charge in [-0.05, 0) is 79.4 Å². The van der Waals surface area contributed by atoms with Gasteiger partial charge in [0.25, 0.3) is 11.1 Å². The minimum Gasteiger partial charge on any atom is -0.392 e. The number of aryl methyl sites for hydroxylation is 1. The Morgan fingerprint density at radius 3 is 2.53 bits per heavy atom. The van der Waals surface area contributed by atoms with Crippen molar-refractivity contribution >= 4 is 34.0 Å². The molecule has 1 amide bonds. The first-order chi connectivity index (χ1) is 25.7. The summed E-state index contributed by atoms with van der Waals surface area (Å²) in [6.45, 7) is 6.59. The number of carbonyl (C=O) groups excluding carboxylic acids is 1. The summed E-state index contributed by atoms with van der Waals surface area (Å²) < 4.78 is 18.1. The fraction of sp³-hybridized carbons (Fsp3) is 0.375. The van der Waals surface area contributed by atoms with Crippen molar-refractivity contribution in [3.8, 4) is 16.9 Å². The summed E-state index contributed by atoms with van der Waals surface area (Å²) >= 11 is 0. The number of benzene rings is 2. The second-order valence-corrected chi connectivity index (χ2v) is 14.0. The van der Waals surface area contributed by atoms with Gasteiger partial charge in [0, 0.05) is 70.2 Å². The molecular formula is C40H45FN8O4. The predicted molar refractivity (Wildman–Crippen MR) is 205 cm³/mol. The average molecular weight is 721 g/mol. The largest absolute Gasteiger partial charge is 0.392 e. The second kappa shape index (κ2) is 15.7. The molecule has 1 aliphatic heterocycles. The zero-order valence-corrected chi connectivity index (χ0v) is 30.1. The molecule has 1 saturated heterocycles. The molecule has 0 unspecified atom stereocenters. The number of amides is 1. The van der Waals surface area contributed by atoms with Gasteiger partial charge in [-0.15, -0.1) is 0 Å². The van der Waals surface area contributed by atoms with E-state index in [-0.39, 0.29) is 22.7 Å². The van der Waals surface area contributed by atoms with Gasteiger partial charge in [-0.2, -0.15) is 0 Å². The van der Waals surface area contributed by atoms with E-state index in [1.807, 2.05) is 18.2 Å². The number of unbranched alkanes of at least 4 members (excludes halogenated alkanes) is 2. The number of hydrogen-bond acceptors (Lipinski definition) is 9. The third kappa shape index (κ3) is 8.01. The van der Waals surface area contributed by atoms with E-state index in [0.29, 0.717) is 39.6 Å². The fourth-order valence-corrected chi connectivity index (χ4v) is 7.12. The van der Waals surface area contributed by atoms with E-state index in [0.717, 1.165) is 82.6 Å². The van der Waals surface area contributed by atoms with E-state index in [4.69, 9.17) is 0 Å². The van der Waals surface area contributed by atoms with Crippen molar-refractivity contribution < 1.29 is 14.3 Å². The highest BCUT2D eigenvalue weighted by Crippen LogP contribution is 2.41. The molecule has 3 N–H and O–H groups in total. The molecule has 7 rings (SSSR count). The van der Waals surface area contributed by atoms with Gasteiger partial charge < -0.3 is 25.2 Å². The van der Waals surface area contributed by atoms with Gasteiger partial charge in [0.1, 0.15) is 11.6 Å². The SMILES string of the molecule is CC(=O)NCCCCCN1CCN(c2ccc(Nc3nc(-c4cccc(-n5ccc6cc(C7CC7)cc(F)c6c5=O)c4CO)cn(C)c3=O)nc2)CC1. The molecule has 2 fully saturated rings. The quantitative estimate of drug-likeness (QED) is 0.146. The van der Waals surface area contributed by atoms with Crippen LogP contribution in [0.2, 0.25) is 0 Å². The predicted octanol–water partition coefficient (Wildman–Crippen LogP) is 4.83. The number of nitrogens with one attached hydrogen (secondary N) is 2. The summed E-state index contributed by atoms with van der Waals surface area (Å²) in [5.74, 6) is 0.329. The maximum Gasteiger partial charge on any atom is 0.293 e. The molecule has 0 radical (unpaired) electrons. The number of pyridine rings is 2. The third-order valence-electron chi connectivity index (χ3n) is 10.2. The summed E-state index contributed by atoms with van der Waals surface area (Å²) in [5, 5.41) is 17.1. The third-order valence-corrected chi connectivity index (χ3v) is 10.2. The molecule has 276 valence electrons. The van der Waals surface area contributed by atoms with E-state index in [2.05, 4.69) is 30.4 Å². The Labute approximate surface area is 306 Å². The number of carbonyl (C=O) groups is 1. The lowest BCUT2D eigenvalue weighted by atomic mass is 10.0. The van der Waals surface area contributed by atoms with Gasteiger partial charge in [0.2, 0.25) is 5.91 Å². The molecule has 0 atom stereocenters. The molecule has 1 saturated carbocycles. The number of anilines is 3. The van der Waals surface area contributed by atoms with E-state index in [1.165, 1.54) is 15.2 Å². The minimum absolute atomic E-state index is 0.00139. The molecule has 1 aliphatic carbocycles. The summed E-state index contributed by atoms with van der Waals surface area (Å²) in [4.78, 5) is 51.9.